The lowest BCUT2D eigenvalue weighted by Crippen LogP contribution is -2.30. The number of hydrogen-bond acceptors (Lipinski definition) is 3. The van der Waals surface area contributed by atoms with Crippen LogP contribution in [0.2, 0.25) is 0 Å². The van der Waals surface area contributed by atoms with Crippen molar-refractivity contribution < 1.29 is 13.2 Å². The molecule has 0 aliphatic carbocycles. The lowest BCUT2D eigenvalue weighted by atomic mass is 10.0. The predicted octanol–water partition coefficient (Wildman–Crippen LogP) is 3.74. The number of nitrogens with zero attached hydrogens (tertiary/aromatic N) is 2. The molecule has 0 aliphatic heterocycles. The van der Waals surface area contributed by atoms with Gasteiger partial charge >= 0.3 is 0 Å². The molecular weight excluding hydrogens is 398 g/mol. The molecular formula is C23H29N3O3S. The van der Waals surface area contributed by atoms with Gasteiger partial charge in [-0.2, -0.15) is 4.31 Å². The quantitative estimate of drug-likeness (QED) is 0.595. The molecule has 0 aliphatic rings. The zero-order valence-corrected chi connectivity index (χ0v) is 18.7. The number of aromatic nitrogens is 1. The second-order valence-electron chi connectivity index (χ2n) is 7.42. The molecule has 1 N–H and O–H groups in total. The lowest BCUT2D eigenvalue weighted by Gasteiger charge is -2.18. The van der Waals surface area contributed by atoms with Crippen LogP contribution in [0, 0.1) is 0 Å². The van der Waals surface area contributed by atoms with Crippen molar-refractivity contribution in [1.82, 2.24) is 14.2 Å². The average molecular weight is 428 g/mol. The van der Waals surface area contributed by atoms with Gasteiger partial charge in [0.2, 0.25) is 10.0 Å². The first-order valence-corrected chi connectivity index (χ1v) is 11.7. The van der Waals surface area contributed by atoms with Gasteiger partial charge in [0.05, 0.1) is 4.90 Å². The Balaban J connectivity index is 1.83. The van der Waals surface area contributed by atoms with E-state index in [1.54, 1.807) is 28.8 Å². The molecule has 1 heterocycles. The molecule has 30 heavy (non-hydrogen) atoms. The van der Waals surface area contributed by atoms with Crippen molar-refractivity contribution in [2.75, 3.05) is 19.6 Å². The summed E-state index contributed by atoms with van der Waals surface area (Å²) in [5, 5.41) is 3.72. The zero-order chi connectivity index (χ0) is 21.9. The summed E-state index contributed by atoms with van der Waals surface area (Å²) in [6.45, 7) is 7.06. The van der Waals surface area contributed by atoms with E-state index >= 15 is 0 Å². The second-order valence-corrected chi connectivity index (χ2v) is 9.36. The number of carbonyl (C=O) groups excluding carboxylic acids is 1. The van der Waals surface area contributed by atoms with Crippen molar-refractivity contribution in [1.29, 1.82) is 0 Å². The maximum Gasteiger partial charge on any atom is 0.267 e. The Hall–Kier alpha value is -2.64. The van der Waals surface area contributed by atoms with Gasteiger partial charge in [-0.3, -0.25) is 4.79 Å². The van der Waals surface area contributed by atoms with Gasteiger partial charge in [0, 0.05) is 37.6 Å². The van der Waals surface area contributed by atoms with E-state index in [-0.39, 0.29) is 16.7 Å². The average Bonchev–Trinajstić information content (AvgIpc) is 3.09. The summed E-state index contributed by atoms with van der Waals surface area (Å²) in [5.41, 5.74) is 2.48. The van der Waals surface area contributed by atoms with Gasteiger partial charge in [0.1, 0.15) is 5.69 Å². The van der Waals surface area contributed by atoms with Crippen molar-refractivity contribution in [2.45, 2.75) is 31.6 Å². The van der Waals surface area contributed by atoms with Crippen molar-refractivity contribution in [3.05, 3.63) is 65.9 Å². The summed E-state index contributed by atoms with van der Waals surface area (Å²) < 4.78 is 28.9. The highest BCUT2D eigenvalue weighted by Gasteiger charge is 2.23. The molecule has 7 heteroatoms. The number of rotatable bonds is 8. The highest BCUT2D eigenvalue weighted by Crippen LogP contribution is 2.25. The Morgan fingerprint density at radius 3 is 2.37 bits per heavy atom. The number of carbonyl (C=O) groups is 1. The zero-order valence-electron chi connectivity index (χ0n) is 17.9. The van der Waals surface area contributed by atoms with Crippen molar-refractivity contribution in [2.24, 2.45) is 7.05 Å². The van der Waals surface area contributed by atoms with Gasteiger partial charge in [0.25, 0.3) is 5.91 Å². The number of sulfonamides is 1. The molecule has 3 aromatic rings. The van der Waals surface area contributed by atoms with Gasteiger partial charge in [-0.15, -0.1) is 0 Å². The van der Waals surface area contributed by atoms with E-state index in [0.29, 0.717) is 25.3 Å². The summed E-state index contributed by atoms with van der Waals surface area (Å²) in [5.74, 6) is 0.0141. The molecule has 3 rings (SSSR count). The van der Waals surface area contributed by atoms with Crippen LogP contribution in [-0.2, 0) is 17.1 Å². The summed E-state index contributed by atoms with van der Waals surface area (Å²) in [7, 11) is -1.73. The van der Waals surface area contributed by atoms with Crippen LogP contribution in [0.1, 0.15) is 42.7 Å². The maximum atomic E-state index is 12.8. The summed E-state index contributed by atoms with van der Waals surface area (Å²) in [4.78, 5) is 13.0. The minimum atomic E-state index is -3.55. The maximum absolute atomic E-state index is 12.8. The Labute approximate surface area is 178 Å². The fourth-order valence-corrected chi connectivity index (χ4v) is 5.15. The Kier molecular flexibility index (Phi) is 6.63. The predicted molar refractivity (Wildman–Crippen MR) is 120 cm³/mol. The molecule has 160 valence electrons. The highest BCUT2D eigenvalue weighted by atomic mass is 32.2. The van der Waals surface area contributed by atoms with Crippen LogP contribution in [0.25, 0.3) is 10.9 Å². The van der Waals surface area contributed by atoms with E-state index in [0.717, 1.165) is 10.9 Å². The van der Waals surface area contributed by atoms with E-state index < -0.39 is 10.0 Å². The Morgan fingerprint density at radius 2 is 1.73 bits per heavy atom. The normalized spacial score (nSPS) is 13.0. The SMILES string of the molecule is CCN(CC)S(=O)(=O)c1ccc2c(c1)cc(C(=O)NCC(C)c1ccccc1)n2C. The molecule has 0 fully saturated rings. The number of fused-ring (bicyclic) bond motifs is 1. The first kappa shape index (κ1) is 22.1. The molecule has 6 nitrogen and oxygen atoms in total. The molecule has 0 bridgehead atoms. The van der Waals surface area contributed by atoms with Gasteiger partial charge < -0.3 is 9.88 Å². The number of benzene rings is 2. The van der Waals surface area contributed by atoms with Crippen LogP contribution in [0.4, 0.5) is 0 Å². The van der Waals surface area contributed by atoms with Gasteiger partial charge in [-0.1, -0.05) is 51.1 Å². The number of amides is 1. The van der Waals surface area contributed by atoms with Crippen LogP contribution in [-0.4, -0.2) is 42.8 Å². The van der Waals surface area contributed by atoms with E-state index in [1.165, 1.54) is 9.87 Å². The van der Waals surface area contributed by atoms with Crippen LogP contribution >= 0.6 is 0 Å². The van der Waals surface area contributed by atoms with E-state index in [2.05, 4.69) is 12.2 Å². The molecule has 0 radical (unpaired) electrons. The third-order valence-electron chi connectivity index (χ3n) is 5.53. The lowest BCUT2D eigenvalue weighted by molar-refractivity contribution is 0.0944. The van der Waals surface area contributed by atoms with Crippen LogP contribution in [0.5, 0.6) is 0 Å². The topological polar surface area (TPSA) is 71.4 Å². The molecule has 1 unspecified atom stereocenters. The third-order valence-corrected chi connectivity index (χ3v) is 7.57. The Morgan fingerprint density at radius 1 is 1.07 bits per heavy atom. The first-order chi connectivity index (χ1) is 14.3. The number of aryl methyl sites for hydroxylation is 1. The first-order valence-electron chi connectivity index (χ1n) is 10.2. The smallest absolute Gasteiger partial charge is 0.267 e. The minimum absolute atomic E-state index is 0.176. The fraction of sp³-hybridized carbons (Fsp3) is 0.348. The van der Waals surface area contributed by atoms with Crippen LogP contribution in [0.3, 0.4) is 0 Å². The molecule has 0 spiro atoms. The summed E-state index contributed by atoms with van der Waals surface area (Å²) in [6, 6.07) is 16.8. The third kappa shape index (κ3) is 4.27. The van der Waals surface area contributed by atoms with Gasteiger partial charge in [-0.05, 0) is 35.7 Å². The second kappa shape index (κ2) is 9.02. The standard InChI is InChI=1S/C23H29N3O3S/c1-5-26(6-2)30(28,29)20-12-13-21-19(14-20)15-22(25(21)4)23(27)24-16-17(3)18-10-8-7-9-11-18/h7-15,17H,5-6,16H2,1-4H3,(H,24,27). The van der Waals surface area contributed by atoms with Crippen molar-refractivity contribution in [3.8, 4) is 0 Å². The van der Waals surface area contributed by atoms with E-state index in [4.69, 9.17) is 0 Å². The molecule has 0 saturated carbocycles. The van der Waals surface area contributed by atoms with E-state index in [9.17, 15) is 13.2 Å². The summed E-state index contributed by atoms with van der Waals surface area (Å²) in [6.07, 6.45) is 0. The van der Waals surface area contributed by atoms with Crippen LogP contribution < -0.4 is 5.32 Å². The molecule has 1 atom stereocenters. The monoisotopic (exact) mass is 427 g/mol. The number of hydrogen-bond donors (Lipinski definition) is 1. The van der Waals surface area contributed by atoms with E-state index in [1.807, 2.05) is 51.2 Å². The molecule has 1 amide bonds. The molecule has 1 aromatic heterocycles. The minimum Gasteiger partial charge on any atom is -0.350 e. The van der Waals surface area contributed by atoms with Crippen molar-refractivity contribution >= 4 is 26.8 Å². The van der Waals surface area contributed by atoms with Crippen molar-refractivity contribution in [3.63, 3.8) is 0 Å². The van der Waals surface area contributed by atoms with Crippen LogP contribution in [0.15, 0.2) is 59.5 Å². The molecule has 0 saturated heterocycles. The fourth-order valence-electron chi connectivity index (χ4n) is 3.65. The largest absolute Gasteiger partial charge is 0.350 e. The highest BCUT2D eigenvalue weighted by molar-refractivity contribution is 7.89. The summed E-state index contributed by atoms with van der Waals surface area (Å²) >= 11 is 0. The van der Waals surface area contributed by atoms with Gasteiger partial charge in [-0.25, -0.2) is 8.42 Å². The molecule has 2 aromatic carbocycles. The number of nitrogens with one attached hydrogen (secondary N) is 1. The van der Waals surface area contributed by atoms with Gasteiger partial charge in [0.15, 0.2) is 0 Å². The Bertz CT molecular complexity index is 1130.